The Balaban J connectivity index is 0. The first-order valence-electron chi connectivity index (χ1n) is 5.03. The molecular formula is C12H25NO. The zero-order chi connectivity index (χ0) is 11.6. The van der Waals surface area contributed by atoms with E-state index in [4.69, 9.17) is 5.11 Å². The topological polar surface area (TPSA) is 23.5 Å². The molecule has 2 heteroatoms. The van der Waals surface area contributed by atoms with Gasteiger partial charge in [0.25, 0.3) is 0 Å². The van der Waals surface area contributed by atoms with E-state index in [0.717, 1.165) is 6.42 Å². The lowest BCUT2D eigenvalue weighted by Crippen LogP contribution is -2.37. The minimum absolute atomic E-state index is 0.667. The highest BCUT2D eigenvalue weighted by Gasteiger charge is 2.13. The molecule has 0 bridgehead atoms. The fourth-order valence-electron chi connectivity index (χ4n) is 0.326. The molecule has 0 radical (unpaired) electrons. The Bertz CT molecular complexity index is 164. The molecule has 0 saturated carbocycles. The molecule has 0 rings (SSSR count). The Morgan fingerprint density at radius 1 is 1.21 bits per heavy atom. The molecule has 0 aliphatic heterocycles. The maximum atomic E-state index is 9.02. The lowest BCUT2D eigenvalue weighted by Gasteiger charge is -2.25. The van der Waals surface area contributed by atoms with Crippen molar-refractivity contribution in [3.05, 3.63) is 24.3 Å². The van der Waals surface area contributed by atoms with Crippen molar-refractivity contribution in [2.45, 2.75) is 39.8 Å². The number of nitrogens with zero attached hydrogens (tertiary/aromatic N) is 1. The quantitative estimate of drug-likeness (QED) is 0.558. The van der Waals surface area contributed by atoms with Crippen molar-refractivity contribution in [1.29, 1.82) is 0 Å². The van der Waals surface area contributed by atoms with Crippen molar-refractivity contribution in [3.8, 4) is 0 Å². The molecule has 14 heavy (non-hydrogen) atoms. The van der Waals surface area contributed by atoms with E-state index < -0.39 is 5.72 Å². The van der Waals surface area contributed by atoms with Gasteiger partial charge < -0.3 is 5.11 Å². The fourth-order valence-corrected chi connectivity index (χ4v) is 0.326. The number of allylic oxidation sites excluding steroid dienone is 4. The van der Waals surface area contributed by atoms with Gasteiger partial charge in [-0.1, -0.05) is 31.2 Å². The largest absolute Gasteiger partial charge is 0.376 e. The van der Waals surface area contributed by atoms with Crippen LogP contribution in [0.1, 0.15) is 34.1 Å². The second kappa shape index (κ2) is 8.97. The molecular weight excluding hydrogens is 174 g/mol. The van der Waals surface area contributed by atoms with Crippen LogP contribution in [0, 0.1) is 0 Å². The van der Waals surface area contributed by atoms with Gasteiger partial charge in [0.2, 0.25) is 0 Å². The van der Waals surface area contributed by atoms with Crippen LogP contribution in [0.15, 0.2) is 24.3 Å². The van der Waals surface area contributed by atoms with Crippen molar-refractivity contribution in [3.63, 3.8) is 0 Å². The summed E-state index contributed by atoms with van der Waals surface area (Å²) in [7, 11) is 3.67. The summed E-state index contributed by atoms with van der Waals surface area (Å²) in [4.78, 5) is 1.74. The van der Waals surface area contributed by atoms with Crippen LogP contribution < -0.4 is 0 Å². The zero-order valence-electron chi connectivity index (χ0n) is 10.4. The van der Waals surface area contributed by atoms with Crippen LogP contribution in [0.2, 0.25) is 0 Å². The molecule has 0 heterocycles. The van der Waals surface area contributed by atoms with Crippen LogP contribution in [0.3, 0.4) is 0 Å². The highest BCUT2D eigenvalue weighted by Crippen LogP contribution is 2.01. The molecule has 0 saturated heterocycles. The van der Waals surface area contributed by atoms with Crippen LogP contribution >= 0.6 is 0 Å². The van der Waals surface area contributed by atoms with Crippen LogP contribution in [0.25, 0.3) is 0 Å². The molecule has 0 amide bonds. The predicted octanol–water partition coefficient (Wildman–Crippen LogP) is 2.81. The first-order valence-corrected chi connectivity index (χ1v) is 5.03. The Hall–Kier alpha value is -0.600. The van der Waals surface area contributed by atoms with Crippen molar-refractivity contribution in [1.82, 2.24) is 4.90 Å². The smallest absolute Gasteiger partial charge is 0.112 e. The van der Waals surface area contributed by atoms with E-state index >= 15 is 0 Å². The summed E-state index contributed by atoms with van der Waals surface area (Å²) in [5.74, 6) is 0. The molecule has 0 fully saturated rings. The summed E-state index contributed by atoms with van der Waals surface area (Å²) in [6.45, 7) is 7.62. The number of hydrogen-bond acceptors (Lipinski definition) is 2. The average Bonchev–Trinajstić information content (AvgIpc) is 2.05. The van der Waals surface area contributed by atoms with E-state index in [9.17, 15) is 0 Å². The Labute approximate surface area is 88.9 Å². The molecule has 0 atom stereocenters. The molecule has 0 aromatic carbocycles. The van der Waals surface area contributed by atoms with Crippen molar-refractivity contribution < 1.29 is 5.11 Å². The Morgan fingerprint density at radius 3 is 1.86 bits per heavy atom. The lowest BCUT2D eigenvalue weighted by molar-refractivity contribution is -0.0480. The van der Waals surface area contributed by atoms with Crippen molar-refractivity contribution in [2.75, 3.05) is 14.1 Å². The van der Waals surface area contributed by atoms with Gasteiger partial charge in [-0.2, -0.15) is 0 Å². The average molecular weight is 199 g/mol. The van der Waals surface area contributed by atoms with Gasteiger partial charge in [0.1, 0.15) is 5.72 Å². The van der Waals surface area contributed by atoms with Gasteiger partial charge in [-0.05, 0) is 41.3 Å². The molecule has 0 unspecified atom stereocenters. The third-order valence-electron chi connectivity index (χ3n) is 1.77. The maximum Gasteiger partial charge on any atom is 0.112 e. The maximum absolute atomic E-state index is 9.02. The van der Waals surface area contributed by atoms with E-state index in [1.807, 2.05) is 33.2 Å². The molecule has 0 aromatic heterocycles. The third kappa shape index (κ3) is 14.0. The van der Waals surface area contributed by atoms with Gasteiger partial charge in [-0.25, -0.2) is 0 Å². The van der Waals surface area contributed by atoms with Gasteiger partial charge in [0.15, 0.2) is 0 Å². The molecule has 2 nitrogen and oxygen atoms in total. The van der Waals surface area contributed by atoms with Crippen LogP contribution in [-0.4, -0.2) is 29.8 Å². The SMILES string of the molecule is C/C=C\C=C/CC.CN(C)C(C)(C)O. The Kier molecular flexibility index (Phi) is 10.2. The van der Waals surface area contributed by atoms with Crippen LogP contribution in [0.5, 0.6) is 0 Å². The second-order valence-electron chi connectivity index (χ2n) is 3.75. The number of hydrogen-bond donors (Lipinski definition) is 1. The summed E-state index contributed by atoms with van der Waals surface area (Å²) in [5.41, 5.74) is -0.667. The predicted molar refractivity (Wildman–Crippen MR) is 64.2 cm³/mol. The van der Waals surface area contributed by atoms with Gasteiger partial charge in [0.05, 0.1) is 0 Å². The fraction of sp³-hybridized carbons (Fsp3) is 0.667. The van der Waals surface area contributed by atoms with Crippen LogP contribution in [-0.2, 0) is 0 Å². The van der Waals surface area contributed by atoms with E-state index in [0.29, 0.717) is 0 Å². The third-order valence-corrected chi connectivity index (χ3v) is 1.77. The van der Waals surface area contributed by atoms with Crippen LogP contribution in [0.4, 0.5) is 0 Å². The number of aliphatic hydroxyl groups is 1. The Morgan fingerprint density at radius 2 is 1.64 bits per heavy atom. The monoisotopic (exact) mass is 199 g/mol. The summed E-state index contributed by atoms with van der Waals surface area (Å²) in [6, 6.07) is 0. The second-order valence-corrected chi connectivity index (χ2v) is 3.75. The highest BCUT2D eigenvalue weighted by atomic mass is 16.3. The van der Waals surface area contributed by atoms with Gasteiger partial charge in [-0.3, -0.25) is 4.90 Å². The molecule has 84 valence electrons. The summed E-state index contributed by atoms with van der Waals surface area (Å²) >= 11 is 0. The minimum atomic E-state index is -0.667. The molecule has 1 N–H and O–H groups in total. The van der Waals surface area contributed by atoms with Crippen molar-refractivity contribution in [2.24, 2.45) is 0 Å². The summed E-state index contributed by atoms with van der Waals surface area (Å²) in [5, 5.41) is 9.02. The molecule has 0 spiro atoms. The highest BCUT2D eigenvalue weighted by molar-refractivity contribution is 5.00. The first kappa shape index (κ1) is 15.9. The summed E-state index contributed by atoms with van der Waals surface area (Å²) < 4.78 is 0. The first-order chi connectivity index (χ1) is 6.36. The van der Waals surface area contributed by atoms with E-state index in [1.165, 1.54) is 0 Å². The molecule has 0 aliphatic carbocycles. The van der Waals surface area contributed by atoms with E-state index in [-0.39, 0.29) is 0 Å². The lowest BCUT2D eigenvalue weighted by atomic mass is 10.3. The normalized spacial score (nSPS) is 12.3. The number of rotatable bonds is 3. The van der Waals surface area contributed by atoms with Gasteiger partial charge in [0, 0.05) is 0 Å². The summed E-state index contributed by atoms with van der Waals surface area (Å²) in [6.07, 6.45) is 9.36. The zero-order valence-corrected chi connectivity index (χ0v) is 10.4. The molecule has 0 aliphatic rings. The molecule has 0 aromatic rings. The van der Waals surface area contributed by atoms with E-state index in [2.05, 4.69) is 19.1 Å². The van der Waals surface area contributed by atoms with Crippen molar-refractivity contribution >= 4 is 0 Å². The minimum Gasteiger partial charge on any atom is -0.376 e. The van der Waals surface area contributed by atoms with E-state index in [1.54, 1.807) is 18.7 Å². The standard InChI is InChI=1S/C7H12.C5H13NO/c1-3-5-7-6-4-2;1-5(2,7)6(3)4/h3,5-7H,4H2,1-2H3;7H,1-4H3/b5-3-,7-6-;. The van der Waals surface area contributed by atoms with Gasteiger partial charge in [-0.15, -0.1) is 0 Å². The van der Waals surface area contributed by atoms with Gasteiger partial charge >= 0.3 is 0 Å².